The van der Waals surface area contributed by atoms with Gasteiger partial charge in [-0.05, 0) is 19.9 Å². The van der Waals surface area contributed by atoms with Crippen molar-refractivity contribution in [2.75, 3.05) is 14.1 Å². The Morgan fingerprint density at radius 3 is 2.67 bits per heavy atom. The van der Waals surface area contributed by atoms with E-state index in [-0.39, 0.29) is 11.7 Å². The molecule has 0 saturated carbocycles. The number of nitrogens with zero attached hydrogens (tertiary/aromatic N) is 4. The number of rotatable bonds is 3. The fourth-order valence-electron chi connectivity index (χ4n) is 1.04. The molecule has 0 saturated heterocycles. The van der Waals surface area contributed by atoms with Gasteiger partial charge in [-0.1, -0.05) is 0 Å². The van der Waals surface area contributed by atoms with Crippen molar-refractivity contribution in [1.82, 2.24) is 14.5 Å². The molecule has 1 aromatic heterocycles. The highest BCUT2D eigenvalue weighted by Crippen LogP contribution is 2.05. The van der Waals surface area contributed by atoms with Crippen molar-refractivity contribution >= 4 is 12.2 Å². The van der Waals surface area contributed by atoms with Crippen LogP contribution in [0.1, 0.15) is 19.9 Å². The van der Waals surface area contributed by atoms with Crippen LogP contribution in [-0.2, 0) is 0 Å². The lowest BCUT2D eigenvalue weighted by Gasteiger charge is -2.08. The topological polar surface area (TPSA) is 50.5 Å². The number of aromatic nitrogens is 2. The summed E-state index contributed by atoms with van der Waals surface area (Å²) in [4.78, 5) is 21.2. The molecule has 0 atom stereocenters. The van der Waals surface area contributed by atoms with Gasteiger partial charge in [0.05, 0.1) is 6.34 Å². The average Bonchev–Trinajstić information content (AvgIpc) is 2.14. The van der Waals surface area contributed by atoms with E-state index >= 15 is 0 Å². The second-order valence-corrected chi connectivity index (χ2v) is 3.78. The minimum Gasteiger partial charge on any atom is -0.369 e. The summed E-state index contributed by atoms with van der Waals surface area (Å²) in [6, 6.07) is 1.85. The summed E-state index contributed by atoms with van der Waals surface area (Å²) in [5.41, 5.74) is -0.265. The lowest BCUT2D eigenvalue weighted by molar-refractivity contribution is 0.564. The molecule has 15 heavy (non-hydrogen) atoms. The normalized spacial score (nSPS) is 11.3. The van der Waals surface area contributed by atoms with Crippen LogP contribution in [0, 0.1) is 0 Å². The van der Waals surface area contributed by atoms with Crippen LogP contribution in [0.2, 0.25) is 0 Å². The maximum Gasteiger partial charge on any atom is 0.349 e. The Hall–Kier alpha value is -1.65. The monoisotopic (exact) mass is 208 g/mol. The first-order valence-electron chi connectivity index (χ1n) is 4.80. The summed E-state index contributed by atoms with van der Waals surface area (Å²) >= 11 is 0. The zero-order valence-corrected chi connectivity index (χ0v) is 9.51. The third-order valence-electron chi connectivity index (χ3n) is 1.79. The van der Waals surface area contributed by atoms with E-state index in [4.69, 9.17) is 0 Å². The molecule has 0 amide bonds. The molecule has 0 aliphatic heterocycles. The van der Waals surface area contributed by atoms with Crippen LogP contribution in [0.25, 0.3) is 0 Å². The molecule has 0 N–H and O–H groups in total. The smallest absolute Gasteiger partial charge is 0.349 e. The molecule has 5 nitrogen and oxygen atoms in total. The van der Waals surface area contributed by atoms with Crippen molar-refractivity contribution in [1.29, 1.82) is 0 Å². The van der Waals surface area contributed by atoms with Gasteiger partial charge in [0.1, 0.15) is 0 Å². The predicted octanol–water partition coefficient (Wildman–Crippen LogP) is 1.05. The molecule has 1 heterocycles. The van der Waals surface area contributed by atoms with Gasteiger partial charge in [0.2, 0.25) is 0 Å². The van der Waals surface area contributed by atoms with Crippen LogP contribution in [0.15, 0.2) is 22.1 Å². The molecular formula is C10H16N4O. The van der Waals surface area contributed by atoms with E-state index in [9.17, 15) is 4.79 Å². The lowest BCUT2D eigenvalue weighted by atomic mass is 10.4. The van der Waals surface area contributed by atoms with E-state index in [1.165, 1.54) is 0 Å². The minimum absolute atomic E-state index is 0.122. The maximum absolute atomic E-state index is 11.5. The summed E-state index contributed by atoms with van der Waals surface area (Å²) in [5.74, 6) is 0.436. The Labute approximate surface area is 89.1 Å². The summed E-state index contributed by atoms with van der Waals surface area (Å²) in [6.07, 6.45) is 3.32. The largest absolute Gasteiger partial charge is 0.369 e. The Bertz CT molecular complexity index is 406. The van der Waals surface area contributed by atoms with Crippen molar-refractivity contribution < 1.29 is 0 Å². The Balaban J connectivity index is 2.97. The zero-order chi connectivity index (χ0) is 11.4. The Kier molecular flexibility index (Phi) is 3.60. The van der Waals surface area contributed by atoms with Gasteiger partial charge in [0.25, 0.3) is 0 Å². The molecule has 0 fully saturated rings. The van der Waals surface area contributed by atoms with Crippen LogP contribution >= 0.6 is 0 Å². The van der Waals surface area contributed by atoms with Crippen LogP contribution in [0.3, 0.4) is 0 Å². The number of hydrogen-bond acceptors (Lipinski definition) is 3. The zero-order valence-electron chi connectivity index (χ0n) is 9.51. The van der Waals surface area contributed by atoms with E-state index in [2.05, 4.69) is 9.98 Å². The van der Waals surface area contributed by atoms with E-state index in [0.717, 1.165) is 0 Å². The Morgan fingerprint density at radius 1 is 1.53 bits per heavy atom. The SMILES string of the molecule is CC(C)n1ccc(N=CN(C)C)nc1=O. The van der Waals surface area contributed by atoms with Gasteiger partial charge in [0.15, 0.2) is 5.82 Å². The average molecular weight is 208 g/mol. The molecule has 0 unspecified atom stereocenters. The fourth-order valence-corrected chi connectivity index (χ4v) is 1.04. The first-order chi connectivity index (χ1) is 7.00. The van der Waals surface area contributed by atoms with Gasteiger partial charge in [-0.2, -0.15) is 4.98 Å². The van der Waals surface area contributed by atoms with Gasteiger partial charge >= 0.3 is 5.69 Å². The molecule has 0 bridgehead atoms. The van der Waals surface area contributed by atoms with Crippen molar-refractivity contribution in [3.63, 3.8) is 0 Å². The lowest BCUT2D eigenvalue weighted by Crippen LogP contribution is -2.23. The highest BCUT2D eigenvalue weighted by Gasteiger charge is 2.01. The fraction of sp³-hybridized carbons (Fsp3) is 0.500. The molecule has 0 radical (unpaired) electrons. The first-order valence-corrected chi connectivity index (χ1v) is 4.80. The molecule has 1 rings (SSSR count). The van der Waals surface area contributed by atoms with Gasteiger partial charge in [-0.15, -0.1) is 0 Å². The molecule has 1 aromatic rings. The highest BCUT2D eigenvalue weighted by molar-refractivity contribution is 5.58. The summed E-state index contributed by atoms with van der Waals surface area (Å²) < 4.78 is 1.56. The molecule has 0 aliphatic rings. The highest BCUT2D eigenvalue weighted by atomic mass is 16.1. The van der Waals surface area contributed by atoms with Crippen molar-refractivity contribution in [2.45, 2.75) is 19.9 Å². The third kappa shape index (κ3) is 3.19. The maximum atomic E-state index is 11.5. The van der Waals surface area contributed by atoms with Crippen molar-refractivity contribution in [3.8, 4) is 0 Å². The molecule has 0 aromatic carbocycles. The van der Waals surface area contributed by atoms with Gasteiger partial charge in [-0.25, -0.2) is 9.79 Å². The molecule has 5 heteroatoms. The van der Waals surface area contributed by atoms with Crippen LogP contribution in [-0.4, -0.2) is 34.9 Å². The van der Waals surface area contributed by atoms with Crippen LogP contribution < -0.4 is 5.69 Å². The standard InChI is InChI=1S/C10H16N4O/c1-8(2)14-6-5-9(12-10(14)15)11-7-13(3)4/h5-8H,1-4H3. The van der Waals surface area contributed by atoms with Crippen LogP contribution in [0.4, 0.5) is 5.82 Å². The summed E-state index contributed by atoms with van der Waals surface area (Å²) in [5, 5.41) is 0. The van der Waals surface area contributed by atoms with Gasteiger partial charge in [-0.3, -0.25) is 4.57 Å². The second kappa shape index (κ2) is 4.72. The quantitative estimate of drug-likeness (QED) is 0.551. The van der Waals surface area contributed by atoms with Gasteiger partial charge in [0, 0.05) is 26.3 Å². The van der Waals surface area contributed by atoms with E-state index in [0.29, 0.717) is 5.82 Å². The van der Waals surface area contributed by atoms with Crippen molar-refractivity contribution in [3.05, 3.63) is 22.7 Å². The number of hydrogen-bond donors (Lipinski definition) is 0. The van der Waals surface area contributed by atoms with E-state index in [1.54, 1.807) is 28.1 Å². The predicted molar refractivity (Wildman–Crippen MR) is 60.7 cm³/mol. The molecule has 82 valence electrons. The van der Waals surface area contributed by atoms with Crippen molar-refractivity contribution in [2.24, 2.45) is 4.99 Å². The number of aliphatic imine (C=N–C) groups is 1. The summed E-state index contributed by atoms with van der Waals surface area (Å²) in [6.45, 7) is 3.87. The third-order valence-corrected chi connectivity index (χ3v) is 1.79. The first kappa shape index (κ1) is 11.4. The molecule has 0 spiro atoms. The van der Waals surface area contributed by atoms with Crippen LogP contribution in [0.5, 0.6) is 0 Å². The Morgan fingerprint density at radius 2 is 2.20 bits per heavy atom. The second-order valence-electron chi connectivity index (χ2n) is 3.78. The summed E-state index contributed by atoms with van der Waals surface area (Å²) in [7, 11) is 3.72. The molecular weight excluding hydrogens is 192 g/mol. The minimum atomic E-state index is -0.265. The van der Waals surface area contributed by atoms with E-state index in [1.807, 2.05) is 27.9 Å². The van der Waals surface area contributed by atoms with Gasteiger partial charge < -0.3 is 4.90 Å². The molecule has 0 aliphatic carbocycles. The van der Waals surface area contributed by atoms with E-state index < -0.39 is 0 Å².